The van der Waals surface area contributed by atoms with Crippen LogP contribution in [0.2, 0.25) is 0 Å². The molecule has 0 amide bonds. The summed E-state index contributed by atoms with van der Waals surface area (Å²) in [6.45, 7) is 0. The van der Waals surface area contributed by atoms with Crippen LogP contribution in [-0.4, -0.2) is 8.97 Å². The van der Waals surface area contributed by atoms with E-state index < -0.39 is 0 Å². The lowest BCUT2D eigenvalue weighted by atomic mass is 9.92. The van der Waals surface area contributed by atoms with Crippen molar-refractivity contribution in [1.29, 1.82) is 0 Å². The van der Waals surface area contributed by atoms with E-state index in [0.717, 1.165) is 29.2 Å². The highest BCUT2D eigenvalue weighted by Crippen LogP contribution is 2.45. The monoisotopic (exact) mass is 803 g/mol. The van der Waals surface area contributed by atoms with E-state index >= 15 is 0 Å². The second-order valence-electron chi connectivity index (χ2n) is 16.9. The molecule has 9 aromatic carbocycles. The Bertz CT molecular complexity index is 3660. The molecule has 1 atom stereocenters. The van der Waals surface area contributed by atoms with Gasteiger partial charge in [-0.2, -0.15) is 0 Å². The molecule has 3 heteroatoms. The van der Waals surface area contributed by atoms with Gasteiger partial charge in [0.05, 0.1) is 27.6 Å². The van der Waals surface area contributed by atoms with Gasteiger partial charge in [-0.1, -0.05) is 140 Å². The van der Waals surface area contributed by atoms with E-state index in [0.29, 0.717) is 5.92 Å². The molecule has 0 aliphatic heterocycles. The molecule has 0 saturated heterocycles. The normalized spacial score (nSPS) is 14.0. The smallest absolute Gasteiger partial charge is 0.0620 e. The number of anilines is 3. The highest BCUT2D eigenvalue weighted by Gasteiger charge is 2.21. The van der Waals surface area contributed by atoms with Crippen LogP contribution in [0.25, 0.3) is 87.8 Å². The fourth-order valence-electron chi connectivity index (χ4n) is 10.4. The van der Waals surface area contributed by atoms with Gasteiger partial charge in [0.1, 0.15) is 0 Å². The van der Waals surface area contributed by atoms with Crippen LogP contribution in [0.4, 0.5) is 17.1 Å². The summed E-state index contributed by atoms with van der Waals surface area (Å²) < 4.78 is 4.88. The lowest BCUT2D eigenvalue weighted by Gasteiger charge is -2.26. The summed E-state index contributed by atoms with van der Waals surface area (Å²) in [5.41, 5.74) is 16.8. The van der Waals surface area contributed by atoms with Crippen molar-refractivity contribution in [2.24, 2.45) is 0 Å². The Morgan fingerprint density at radius 3 is 1.59 bits per heavy atom. The van der Waals surface area contributed by atoms with Crippen LogP contribution < -0.4 is 4.90 Å². The maximum Gasteiger partial charge on any atom is 0.0620 e. The molecule has 3 aromatic heterocycles. The maximum atomic E-state index is 2.45. The highest BCUT2D eigenvalue weighted by atomic mass is 15.1. The van der Waals surface area contributed by atoms with Gasteiger partial charge >= 0.3 is 0 Å². The zero-order valence-electron chi connectivity index (χ0n) is 34.6. The van der Waals surface area contributed by atoms with Crippen LogP contribution in [0.15, 0.2) is 231 Å². The number of hydrogen-bond donors (Lipinski definition) is 0. The number of allylic oxidation sites excluding steroid dienone is 4. The molecule has 0 radical (unpaired) electrons. The van der Waals surface area contributed by atoms with Crippen molar-refractivity contribution in [3.05, 3.63) is 236 Å². The van der Waals surface area contributed by atoms with Gasteiger partial charge in [0, 0.05) is 61.0 Å². The third-order valence-corrected chi connectivity index (χ3v) is 13.4. The largest absolute Gasteiger partial charge is 0.310 e. The first kappa shape index (κ1) is 35.6. The molecule has 12 aromatic rings. The predicted octanol–water partition coefficient (Wildman–Crippen LogP) is 16.3. The van der Waals surface area contributed by atoms with E-state index in [9.17, 15) is 0 Å². The number of para-hydroxylation sites is 3. The van der Waals surface area contributed by atoms with Crippen molar-refractivity contribution in [2.45, 2.75) is 12.3 Å². The molecule has 1 aliphatic carbocycles. The summed E-state index contributed by atoms with van der Waals surface area (Å²) in [6, 6.07) is 76.2. The minimum atomic E-state index is 0.390. The fraction of sp³-hybridized carbons (Fsp3) is 0.0333. The van der Waals surface area contributed by atoms with Gasteiger partial charge in [-0.15, -0.1) is 0 Å². The summed E-state index contributed by atoms with van der Waals surface area (Å²) in [5.74, 6) is 0.390. The molecule has 0 spiro atoms. The van der Waals surface area contributed by atoms with Crippen molar-refractivity contribution in [2.75, 3.05) is 4.90 Å². The molecular weight excluding hydrogens is 763 g/mol. The van der Waals surface area contributed by atoms with E-state index in [1.165, 1.54) is 87.7 Å². The van der Waals surface area contributed by atoms with Gasteiger partial charge in [-0.3, -0.25) is 0 Å². The second-order valence-corrected chi connectivity index (χ2v) is 16.9. The topological polar surface area (TPSA) is 12.6 Å². The Balaban J connectivity index is 1.01. The first-order valence-corrected chi connectivity index (χ1v) is 22.0. The van der Waals surface area contributed by atoms with Gasteiger partial charge in [0.25, 0.3) is 0 Å². The summed E-state index contributed by atoms with van der Waals surface area (Å²) in [6.07, 6.45) is 9.91. The lowest BCUT2D eigenvalue weighted by molar-refractivity contribution is 0.854. The molecule has 296 valence electrons. The first-order valence-electron chi connectivity index (χ1n) is 22.0. The lowest BCUT2D eigenvalue weighted by Crippen LogP contribution is -2.10. The van der Waals surface area contributed by atoms with Gasteiger partial charge in [0.2, 0.25) is 0 Å². The van der Waals surface area contributed by atoms with E-state index in [2.05, 4.69) is 244 Å². The molecular formula is C60H41N3. The van der Waals surface area contributed by atoms with Crippen LogP contribution in [0.1, 0.15) is 17.9 Å². The molecule has 63 heavy (non-hydrogen) atoms. The second kappa shape index (κ2) is 14.2. The standard InChI is InChI=1S/C60H41N3/c1-4-14-40(15-5-1)42-24-29-47(30-25-42)61(48-31-26-43(27-32-48)41-16-6-2-7-17-41)49-33-35-59-53(39-49)52-36-44(28-34-58(52)62(59)46-18-8-3-9-19-46)45-37-54-50-20-10-12-22-56(50)63-57-23-13-11-21-51(57)55(38-45)60(54)63/h1-16,18-39,41H,17H2. The number of fused-ring (bicyclic) bond motifs is 9. The molecule has 0 N–H and O–H groups in total. The first-order chi connectivity index (χ1) is 31.2. The number of benzene rings is 9. The fourth-order valence-corrected chi connectivity index (χ4v) is 10.4. The van der Waals surface area contributed by atoms with Crippen molar-refractivity contribution in [3.63, 3.8) is 0 Å². The molecule has 3 nitrogen and oxygen atoms in total. The molecule has 0 saturated carbocycles. The number of nitrogens with zero attached hydrogens (tertiary/aromatic N) is 3. The molecule has 1 aliphatic rings. The van der Waals surface area contributed by atoms with E-state index in [1.807, 2.05) is 0 Å². The third-order valence-electron chi connectivity index (χ3n) is 13.4. The minimum absolute atomic E-state index is 0.390. The van der Waals surface area contributed by atoms with E-state index in [1.54, 1.807) is 0 Å². The number of aromatic nitrogens is 2. The van der Waals surface area contributed by atoms with Crippen molar-refractivity contribution in [3.8, 4) is 27.9 Å². The Morgan fingerprint density at radius 2 is 0.921 bits per heavy atom. The molecule has 3 heterocycles. The summed E-state index contributed by atoms with van der Waals surface area (Å²) in [7, 11) is 0. The maximum absolute atomic E-state index is 2.45. The zero-order valence-corrected chi connectivity index (χ0v) is 34.6. The zero-order chi connectivity index (χ0) is 41.4. The van der Waals surface area contributed by atoms with E-state index in [-0.39, 0.29) is 0 Å². The van der Waals surface area contributed by atoms with Crippen LogP contribution in [0.3, 0.4) is 0 Å². The van der Waals surface area contributed by atoms with E-state index in [4.69, 9.17) is 0 Å². The summed E-state index contributed by atoms with van der Waals surface area (Å²) in [5, 5.41) is 7.59. The molecule has 1 unspecified atom stereocenters. The predicted molar refractivity (Wildman–Crippen MR) is 267 cm³/mol. The summed E-state index contributed by atoms with van der Waals surface area (Å²) in [4.78, 5) is 2.41. The molecule has 13 rings (SSSR count). The Hall–Kier alpha value is -8.14. The van der Waals surface area contributed by atoms with Gasteiger partial charge in [-0.05, 0) is 125 Å². The van der Waals surface area contributed by atoms with Crippen LogP contribution in [0.5, 0.6) is 0 Å². The van der Waals surface area contributed by atoms with Gasteiger partial charge in [-0.25, -0.2) is 0 Å². The number of rotatable bonds is 7. The SMILES string of the molecule is C1=CCC(c2ccc(N(c3ccc(-c4ccccc4)cc3)c3ccc4c(c3)c3cc(-c5cc6c7ccccc7n7c8ccccc8c(c5)c67)ccc3n4-c3ccccc3)cc2)C=C1. The van der Waals surface area contributed by atoms with Crippen LogP contribution >= 0.6 is 0 Å². The van der Waals surface area contributed by atoms with Crippen LogP contribution in [-0.2, 0) is 0 Å². The Morgan fingerprint density at radius 1 is 0.381 bits per heavy atom. The van der Waals surface area contributed by atoms with Crippen LogP contribution in [0, 0.1) is 0 Å². The highest BCUT2D eigenvalue weighted by molar-refractivity contribution is 6.24. The third kappa shape index (κ3) is 5.67. The Kier molecular flexibility index (Phi) is 8.04. The molecule has 0 fully saturated rings. The average molecular weight is 804 g/mol. The van der Waals surface area contributed by atoms with Gasteiger partial charge in [0.15, 0.2) is 0 Å². The van der Waals surface area contributed by atoms with Crippen molar-refractivity contribution < 1.29 is 0 Å². The summed E-state index contributed by atoms with van der Waals surface area (Å²) >= 11 is 0. The average Bonchev–Trinajstić information content (AvgIpc) is 4.00. The van der Waals surface area contributed by atoms with Crippen molar-refractivity contribution in [1.82, 2.24) is 8.97 Å². The van der Waals surface area contributed by atoms with Crippen molar-refractivity contribution >= 4 is 77.0 Å². The minimum Gasteiger partial charge on any atom is -0.310 e. The van der Waals surface area contributed by atoms with Gasteiger partial charge < -0.3 is 13.9 Å². The quantitative estimate of drug-likeness (QED) is 0.156. The molecule has 0 bridgehead atoms. The Labute approximate surface area is 365 Å². The number of hydrogen-bond acceptors (Lipinski definition) is 1.